The molecule has 0 unspecified atom stereocenters. The molecule has 0 radical (unpaired) electrons. The molecule has 19 heavy (non-hydrogen) atoms. The Morgan fingerprint density at radius 1 is 1.42 bits per heavy atom. The molecule has 1 fully saturated rings. The summed E-state index contributed by atoms with van der Waals surface area (Å²) in [6.07, 6.45) is 3.89. The largest absolute Gasteiger partial charge is 0.381 e. The van der Waals surface area contributed by atoms with E-state index in [0.717, 1.165) is 42.8 Å². The number of aryl methyl sites for hydroxylation is 1. The van der Waals surface area contributed by atoms with Gasteiger partial charge in [0.25, 0.3) is 0 Å². The average Bonchev–Trinajstić information content (AvgIpc) is 2.74. The van der Waals surface area contributed by atoms with Gasteiger partial charge in [-0.05, 0) is 12.8 Å². The highest BCUT2D eigenvalue weighted by molar-refractivity contribution is 6.34. The van der Waals surface area contributed by atoms with E-state index in [9.17, 15) is 0 Å². The molecule has 0 aromatic carbocycles. The van der Waals surface area contributed by atoms with Crippen molar-refractivity contribution in [1.29, 1.82) is 0 Å². The second-order valence-electron chi connectivity index (χ2n) is 4.93. The van der Waals surface area contributed by atoms with E-state index in [1.165, 1.54) is 0 Å². The molecule has 5 nitrogen and oxygen atoms in total. The molecule has 0 bridgehead atoms. The lowest BCUT2D eigenvalue weighted by molar-refractivity contribution is 0.0853. The number of nitrogens with zero attached hydrogens (tertiary/aromatic N) is 4. The lowest BCUT2D eigenvalue weighted by atomic mass is 10.1. The smallest absolute Gasteiger partial charge is 0.160 e. The zero-order valence-corrected chi connectivity index (χ0v) is 11.9. The second kappa shape index (κ2) is 4.98. The molecule has 0 aliphatic carbocycles. The van der Waals surface area contributed by atoms with Crippen LogP contribution >= 0.6 is 11.6 Å². The summed E-state index contributed by atoms with van der Waals surface area (Å²) in [5, 5.41) is 5.61. The molecule has 102 valence electrons. The highest BCUT2D eigenvalue weighted by Gasteiger charge is 2.20. The summed E-state index contributed by atoms with van der Waals surface area (Å²) in [4.78, 5) is 6.73. The maximum Gasteiger partial charge on any atom is 0.160 e. The Labute approximate surface area is 117 Å². The summed E-state index contributed by atoms with van der Waals surface area (Å²) >= 11 is 6.06. The van der Waals surface area contributed by atoms with Gasteiger partial charge in [-0.25, -0.2) is 4.98 Å². The number of rotatable bonds is 2. The monoisotopic (exact) mass is 280 g/mol. The number of halogens is 1. The number of aromatic nitrogens is 3. The normalized spacial score (nSPS) is 17.0. The predicted octanol–water partition coefficient (Wildman–Crippen LogP) is 2.24. The maximum absolute atomic E-state index is 6.06. The molecule has 0 N–H and O–H groups in total. The fraction of sp³-hybridized carbons (Fsp3) is 0.538. The van der Waals surface area contributed by atoms with Gasteiger partial charge in [0, 0.05) is 45.6 Å². The molecular weight excluding hydrogens is 264 g/mol. The van der Waals surface area contributed by atoms with Crippen molar-refractivity contribution < 1.29 is 4.74 Å². The Bertz CT molecular complexity index is 592. The highest BCUT2D eigenvalue weighted by Crippen LogP contribution is 2.26. The Morgan fingerprint density at radius 2 is 2.16 bits per heavy atom. The zero-order chi connectivity index (χ0) is 13.4. The number of hydrogen-bond acceptors (Lipinski definition) is 4. The van der Waals surface area contributed by atoms with E-state index < -0.39 is 0 Å². The summed E-state index contributed by atoms with van der Waals surface area (Å²) in [5.74, 6) is 0.957. The lowest BCUT2D eigenvalue weighted by Gasteiger charge is -2.32. The van der Waals surface area contributed by atoms with Crippen LogP contribution in [0.2, 0.25) is 5.15 Å². The van der Waals surface area contributed by atoms with Gasteiger partial charge < -0.3 is 9.64 Å². The van der Waals surface area contributed by atoms with Crippen molar-refractivity contribution in [3.8, 4) is 0 Å². The topological polar surface area (TPSA) is 43.2 Å². The molecule has 3 rings (SSSR count). The van der Waals surface area contributed by atoms with Gasteiger partial charge in [0.2, 0.25) is 0 Å². The molecule has 0 spiro atoms. The number of ether oxygens (including phenoxy) is 1. The van der Waals surface area contributed by atoms with E-state index in [4.69, 9.17) is 16.3 Å². The van der Waals surface area contributed by atoms with Crippen LogP contribution in [-0.2, 0) is 11.8 Å². The van der Waals surface area contributed by atoms with Crippen molar-refractivity contribution in [2.45, 2.75) is 18.9 Å². The number of pyridine rings is 1. The molecule has 3 heterocycles. The van der Waals surface area contributed by atoms with Crippen LogP contribution in [0.4, 0.5) is 5.82 Å². The minimum Gasteiger partial charge on any atom is -0.381 e. The first-order valence-electron chi connectivity index (χ1n) is 6.45. The molecule has 1 aliphatic heterocycles. The van der Waals surface area contributed by atoms with Gasteiger partial charge in [0.1, 0.15) is 5.82 Å². The van der Waals surface area contributed by atoms with Crippen LogP contribution < -0.4 is 4.90 Å². The molecule has 2 aromatic rings. The van der Waals surface area contributed by atoms with Gasteiger partial charge in [0.05, 0.1) is 10.9 Å². The fourth-order valence-corrected chi connectivity index (χ4v) is 2.81. The van der Waals surface area contributed by atoms with Gasteiger partial charge in [-0.1, -0.05) is 11.6 Å². The van der Waals surface area contributed by atoms with Crippen LogP contribution in [-0.4, -0.2) is 41.1 Å². The molecule has 0 atom stereocenters. The van der Waals surface area contributed by atoms with E-state index in [0.29, 0.717) is 11.2 Å². The third-order valence-electron chi connectivity index (χ3n) is 3.78. The Kier molecular flexibility index (Phi) is 3.33. The fourth-order valence-electron chi connectivity index (χ4n) is 2.55. The molecule has 0 saturated carbocycles. The van der Waals surface area contributed by atoms with Crippen LogP contribution in [0.3, 0.4) is 0 Å². The van der Waals surface area contributed by atoms with Crippen molar-refractivity contribution in [3.63, 3.8) is 0 Å². The Morgan fingerprint density at radius 3 is 2.89 bits per heavy atom. The summed E-state index contributed by atoms with van der Waals surface area (Å²) < 4.78 is 7.19. The van der Waals surface area contributed by atoms with Gasteiger partial charge >= 0.3 is 0 Å². The number of fused-ring (bicyclic) bond motifs is 1. The summed E-state index contributed by atoms with van der Waals surface area (Å²) in [6, 6.07) is 2.53. The number of hydrogen-bond donors (Lipinski definition) is 0. The van der Waals surface area contributed by atoms with Crippen molar-refractivity contribution in [3.05, 3.63) is 17.4 Å². The summed E-state index contributed by atoms with van der Waals surface area (Å²) in [6.45, 7) is 1.66. The minimum atomic E-state index is 0.488. The minimum absolute atomic E-state index is 0.488. The Balaban J connectivity index is 1.93. The van der Waals surface area contributed by atoms with Crippen LogP contribution in [0.15, 0.2) is 12.3 Å². The van der Waals surface area contributed by atoms with Crippen LogP contribution in [0.25, 0.3) is 10.9 Å². The van der Waals surface area contributed by atoms with E-state index >= 15 is 0 Å². The van der Waals surface area contributed by atoms with E-state index in [2.05, 4.69) is 22.0 Å². The standard InChI is InChI=1S/C13H17ClN4O/c1-17(9-3-5-19-6-4-9)12-7-11-10(8-15-12)13(14)16-18(11)2/h7-9H,3-6H2,1-2H3. The predicted molar refractivity (Wildman–Crippen MR) is 75.8 cm³/mol. The van der Waals surface area contributed by atoms with Crippen molar-refractivity contribution in [2.24, 2.45) is 7.05 Å². The van der Waals surface area contributed by atoms with Crippen molar-refractivity contribution >= 4 is 28.3 Å². The molecule has 2 aromatic heterocycles. The summed E-state index contributed by atoms with van der Waals surface area (Å²) in [5.41, 5.74) is 1.01. The van der Waals surface area contributed by atoms with E-state index in [-0.39, 0.29) is 0 Å². The maximum atomic E-state index is 6.06. The quantitative estimate of drug-likeness (QED) is 0.846. The van der Waals surface area contributed by atoms with Crippen molar-refractivity contribution in [1.82, 2.24) is 14.8 Å². The van der Waals surface area contributed by atoms with Crippen LogP contribution in [0.1, 0.15) is 12.8 Å². The van der Waals surface area contributed by atoms with Gasteiger partial charge in [0.15, 0.2) is 5.15 Å². The third kappa shape index (κ3) is 2.28. The molecule has 6 heteroatoms. The van der Waals surface area contributed by atoms with Crippen LogP contribution in [0.5, 0.6) is 0 Å². The SMILES string of the molecule is CN(c1cc2c(cn1)c(Cl)nn2C)C1CCOCC1. The second-order valence-corrected chi connectivity index (χ2v) is 5.29. The third-order valence-corrected chi connectivity index (χ3v) is 4.06. The first-order chi connectivity index (χ1) is 9.16. The first-order valence-corrected chi connectivity index (χ1v) is 6.83. The molecule has 1 aliphatic rings. The van der Waals surface area contributed by atoms with Gasteiger partial charge in [-0.2, -0.15) is 5.10 Å². The average molecular weight is 281 g/mol. The first kappa shape index (κ1) is 12.7. The summed E-state index contributed by atoms with van der Waals surface area (Å²) in [7, 11) is 3.98. The number of anilines is 1. The lowest BCUT2D eigenvalue weighted by Crippen LogP contribution is -2.37. The molecule has 1 saturated heterocycles. The van der Waals surface area contributed by atoms with E-state index in [1.807, 2.05) is 13.1 Å². The highest BCUT2D eigenvalue weighted by atomic mass is 35.5. The Hall–Kier alpha value is -1.33. The molecule has 0 amide bonds. The van der Waals surface area contributed by atoms with Crippen molar-refractivity contribution in [2.75, 3.05) is 25.2 Å². The van der Waals surface area contributed by atoms with Gasteiger partial charge in [-0.3, -0.25) is 4.68 Å². The zero-order valence-electron chi connectivity index (χ0n) is 11.1. The van der Waals surface area contributed by atoms with Crippen LogP contribution in [0, 0.1) is 0 Å². The van der Waals surface area contributed by atoms with Gasteiger partial charge in [-0.15, -0.1) is 0 Å². The molecular formula is C13H17ClN4O. The van der Waals surface area contributed by atoms with E-state index in [1.54, 1.807) is 10.9 Å².